The molecule has 1 amide bonds. The van der Waals surface area contributed by atoms with E-state index in [9.17, 15) is 27.6 Å². The summed E-state index contributed by atoms with van der Waals surface area (Å²) < 4.78 is 37.5. The number of carboxylic acid groups (broad SMARTS) is 1. The van der Waals surface area contributed by atoms with Crippen molar-refractivity contribution in [1.29, 1.82) is 0 Å². The van der Waals surface area contributed by atoms with Crippen LogP contribution >= 0.6 is 11.8 Å². The molecule has 1 aromatic heterocycles. The summed E-state index contributed by atoms with van der Waals surface area (Å²) in [6.45, 7) is 1.57. The highest BCUT2D eigenvalue weighted by molar-refractivity contribution is 7.99. The van der Waals surface area contributed by atoms with E-state index in [4.69, 9.17) is 5.11 Å². The first kappa shape index (κ1) is 21.5. The highest BCUT2D eigenvalue weighted by Crippen LogP contribution is 2.29. The Balaban J connectivity index is 1.95. The predicted octanol–water partition coefficient (Wildman–Crippen LogP) is 2.85. The predicted molar refractivity (Wildman–Crippen MR) is 96.3 cm³/mol. The number of carboxylic acids is 1. The van der Waals surface area contributed by atoms with E-state index < -0.39 is 29.2 Å². The van der Waals surface area contributed by atoms with Crippen LogP contribution in [0.1, 0.15) is 23.2 Å². The summed E-state index contributed by atoms with van der Waals surface area (Å²) in [5, 5.41) is 11.3. The molecular weight excluding hydrogens is 399 g/mol. The SMILES string of the molecule is Cc1nc(SCC(=O)Nc2ccc(C(F)(F)F)cc2)[nH]c(=O)c1CCC(=O)O. The zero-order chi connectivity index (χ0) is 20.9. The minimum absolute atomic E-state index is 0.0445. The molecule has 0 saturated heterocycles. The lowest BCUT2D eigenvalue weighted by Gasteiger charge is -2.09. The molecule has 0 unspecified atom stereocenters. The average Bonchev–Trinajstić information content (AvgIpc) is 2.58. The first-order chi connectivity index (χ1) is 13.1. The molecule has 28 heavy (non-hydrogen) atoms. The standard InChI is InChI=1S/C17H16F3N3O4S/c1-9-12(6-7-14(25)26)15(27)23-16(21-9)28-8-13(24)22-11-4-2-10(3-5-11)17(18,19)20/h2-5H,6-8H2,1H3,(H,22,24)(H,25,26)(H,21,23,27). The summed E-state index contributed by atoms with van der Waals surface area (Å²) in [5.74, 6) is -1.64. The number of benzene rings is 1. The first-order valence-corrected chi connectivity index (χ1v) is 8.96. The zero-order valence-corrected chi connectivity index (χ0v) is 15.4. The molecule has 2 rings (SSSR count). The molecular formula is C17H16F3N3O4S. The molecule has 0 aliphatic rings. The fourth-order valence-corrected chi connectivity index (χ4v) is 2.96. The second-order valence-electron chi connectivity index (χ2n) is 5.74. The van der Waals surface area contributed by atoms with Crippen LogP contribution in [0, 0.1) is 6.92 Å². The number of H-pyrrole nitrogens is 1. The number of halogens is 3. The Morgan fingerprint density at radius 1 is 1.25 bits per heavy atom. The minimum atomic E-state index is -4.45. The minimum Gasteiger partial charge on any atom is -0.481 e. The first-order valence-electron chi connectivity index (χ1n) is 7.97. The molecule has 0 radical (unpaired) electrons. The molecule has 2 aromatic rings. The number of nitrogens with zero attached hydrogens (tertiary/aromatic N) is 1. The molecule has 11 heteroatoms. The number of hydrogen-bond acceptors (Lipinski definition) is 5. The van der Waals surface area contributed by atoms with Crippen LogP contribution in [0.2, 0.25) is 0 Å². The van der Waals surface area contributed by atoms with Crippen molar-refractivity contribution in [3.8, 4) is 0 Å². The van der Waals surface area contributed by atoms with E-state index in [1.165, 1.54) is 0 Å². The summed E-state index contributed by atoms with van der Waals surface area (Å²) in [4.78, 5) is 41.2. The quantitative estimate of drug-likeness (QED) is 0.474. The number of aryl methyl sites for hydroxylation is 1. The molecule has 1 aromatic carbocycles. The zero-order valence-electron chi connectivity index (χ0n) is 14.6. The van der Waals surface area contributed by atoms with Gasteiger partial charge in [0.25, 0.3) is 5.56 Å². The van der Waals surface area contributed by atoms with Crippen molar-refractivity contribution in [2.45, 2.75) is 31.1 Å². The lowest BCUT2D eigenvalue weighted by Crippen LogP contribution is -2.19. The number of thioether (sulfide) groups is 1. The third-order valence-corrected chi connectivity index (χ3v) is 4.50. The summed E-state index contributed by atoms with van der Waals surface area (Å²) in [7, 11) is 0. The van der Waals surface area contributed by atoms with Gasteiger partial charge in [0, 0.05) is 23.4 Å². The van der Waals surface area contributed by atoms with Gasteiger partial charge in [-0.2, -0.15) is 13.2 Å². The number of amides is 1. The normalized spacial score (nSPS) is 11.3. The maximum atomic E-state index is 12.5. The Morgan fingerprint density at radius 3 is 2.43 bits per heavy atom. The molecule has 0 aliphatic heterocycles. The number of rotatable bonds is 7. The number of aromatic nitrogens is 2. The van der Waals surface area contributed by atoms with Crippen LogP contribution in [0.5, 0.6) is 0 Å². The van der Waals surface area contributed by atoms with Crippen molar-refractivity contribution in [2.24, 2.45) is 0 Å². The maximum absolute atomic E-state index is 12.5. The molecule has 3 N–H and O–H groups in total. The largest absolute Gasteiger partial charge is 0.481 e. The van der Waals surface area contributed by atoms with Gasteiger partial charge in [-0.1, -0.05) is 11.8 Å². The Kier molecular flexibility index (Phi) is 6.84. The van der Waals surface area contributed by atoms with E-state index in [0.29, 0.717) is 5.69 Å². The molecule has 0 fully saturated rings. The highest BCUT2D eigenvalue weighted by atomic mass is 32.2. The number of nitrogens with one attached hydrogen (secondary N) is 2. The maximum Gasteiger partial charge on any atom is 0.416 e. The summed E-state index contributed by atoms with van der Waals surface area (Å²) >= 11 is 0.942. The van der Waals surface area contributed by atoms with Crippen molar-refractivity contribution < 1.29 is 27.9 Å². The highest BCUT2D eigenvalue weighted by Gasteiger charge is 2.30. The van der Waals surface area contributed by atoms with Gasteiger partial charge in [0.05, 0.1) is 11.3 Å². The van der Waals surface area contributed by atoms with Gasteiger partial charge < -0.3 is 15.4 Å². The summed E-state index contributed by atoms with van der Waals surface area (Å²) in [6.07, 6.45) is -4.61. The van der Waals surface area contributed by atoms with E-state index in [1.807, 2.05) is 0 Å². The van der Waals surface area contributed by atoms with Gasteiger partial charge in [-0.25, -0.2) is 4.98 Å². The molecule has 0 saturated carbocycles. The number of aromatic amines is 1. The van der Waals surface area contributed by atoms with Crippen molar-refractivity contribution in [3.63, 3.8) is 0 Å². The van der Waals surface area contributed by atoms with Crippen molar-refractivity contribution in [1.82, 2.24) is 9.97 Å². The van der Waals surface area contributed by atoms with Crippen LogP contribution < -0.4 is 10.9 Å². The molecule has 0 spiro atoms. The number of aliphatic carboxylic acids is 1. The Morgan fingerprint density at radius 2 is 1.89 bits per heavy atom. The lowest BCUT2D eigenvalue weighted by atomic mass is 10.1. The Hall–Kier alpha value is -2.82. The number of anilines is 1. The number of carbonyl (C=O) groups is 2. The topological polar surface area (TPSA) is 112 Å². The summed E-state index contributed by atoms with van der Waals surface area (Å²) in [6, 6.07) is 4.02. The fourth-order valence-electron chi connectivity index (χ4n) is 2.25. The smallest absolute Gasteiger partial charge is 0.416 e. The van der Waals surface area contributed by atoms with Crippen molar-refractivity contribution >= 4 is 29.3 Å². The van der Waals surface area contributed by atoms with Gasteiger partial charge in [-0.15, -0.1) is 0 Å². The van der Waals surface area contributed by atoms with Crippen LogP contribution in [0.4, 0.5) is 18.9 Å². The van der Waals surface area contributed by atoms with Crippen LogP contribution in [0.25, 0.3) is 0 Å². The number of hydrogen-bond donors (Lipinski definition) is 3. The van der Waals surface area contributed by atoms with Crippen molar-refractivity contribution in [3.05, 3.63) is 51.4 Å². The van der Waals surface area contributed by atoms with E-state index >= 15 is 0 Å². The monoisotopic (exact) mass is 415 g/mol. The third kappa shape index (κ3) is 6.12. The van der Waals surface area contributed by atoms with E-state index in [0.717, 1.165) is 36.0 Å². The molecule has 1 heterocycles. The van der Waals surface area contributed by atoms with Gasteiger partial charge >= 0.3 is 12.1 Å². The molecule has 150 valence electrons. The van der Waals surface area contributed by atoms with Gasteiger partial charge in [0.2, 0.25) is 5.91 Å². The van der Waals surface area contributed by atoms with Gasteiger partial charge in [0.1, 0.15) is 0 Å². The molecule has 0 atom stereocenters. The Labute approximate surface area is 161 Å². The van der Waals surface area contributed by atoms with E-state index in [-0.39, 0.29) is 35.0 Å². The lowest BCUT2D eigenvalue weighted by molar-refractivity contribution is -0.138. The van der Waals surface area contributed by atoms with E-state index in [2.05, 4.69) is 15.3 Å². The molecule has 7 nitrogen and oxygen atoms in total. The van der Waals surface area contributed by atoms with Crippen LogP contribution in [-0.2, 0) is 22.2 Å². The fraction of sp³-hybridized carbons (Fsp3) is 0.294. The number of alkyl halides is 3. The third-order valence-electron chi connectivity index (χ3n) is 3.63. The number of carbonyl (C=O) groups excluding carboxylic acids is 1. The average molecular weight is 415 g/mol. The van der Waals surface area contributed by atoms with Crippen LogP contribution in [0.15, 0.2) is 34.2 Å². The van der Waals surface area contributed by atoms with E-state index in [1.54, 1.807) is 6.92 Å². The summed E-state index contributed by atoms with van der Waals surface area (Å²) in [5.41, 5.74) is -0.448. The van der Waals surface area contributed by atoms with Gasteiger partial charge in [-0.05, 0) is 37.6 Å². The van der Waals surface area contributed by atoms with Gasteiger partial charge in [-0.3, -0.25) is 14.4 Å². The van der Waals surface area contributed by atoms with Crippen LogP contribution in [-0.4, -0.2) is 32.7 Å². The van der Waals surface area contributed by atoms with Gasteiger partial charge in [0.15, 0.2) is 5.16 Å². The second kappa shape index (κ2) is 8.91. The second-order valence-corrected chi connectivity index (χ2v) is 6.70. The van der Waals surface area contributed by atoms with Crippen molar-refractivity contribution in [2.75, 3.05) is 11.1 Å². The molecule has 0 aliphatic carbocycles. The van der Waals surface area contributed by atoms with Crippen LogP contribution in [0.3, 0.4) is 0 Å². The Bertz CT molecular complexity index is 927. The molecule has 0 bridgehead atoms.